The average molecular weight is 195 g/mol. The molecule has 0 aromatic heterocycles. The summed E-state index contributed by atoms with van der Waals surface area (Å²) in [6.07, 6.45) is 1.07. The molecule has 1 rings (SSSR count). The summed E-state index contributed by atoms with van der Waals surface area (Å²) in [5, 5.41) is 21.6. The zero-order chi connectivity index (χ0) is 10.6. The van der Waals surface area contributed by atoms with Gasteiger partial charge in [-0.15, -0.1) is 0 Å². The van der Waals surface area contributed by atoms with E-state index in [1.807, 2.05) is 0 Å². The van der Waals surface area contributed by atoms with Gasteiger partial charge in [-0.1, -0.05) is 13.0 Å². The highest BCUT2D eigenvalue weighted by atomic mass is 16.3. The third-order valence-electron chi connectivity index (χ3n) is 2.31. The normalized spacial score (nSPS) is 12.7. The van der Waals surface area contributed by atoms with E-state index in [1.54, 1.807) is 12.1 Å². The maximum absolute atomic E-state index is 9.24. The fraction of sp³-hybridized carbons (Fsp3) is 0.455. The highest BCUT2D eigenvalue weighted by Crippen LogP contribution is 2.24. The molecular formula is C11H17NO2. The van der Waals surface area contributed by atoms with Crippen molar-refractivity contribution in [2.45, 2.75) is 32.9 Å². The van der Waals surface area contributed by atoms with Gasteiger partial charge < -0.3 is 15.5 Å². The van der Waals surface area contributed by atoms with Crippen molar-refractivity contribution in [2.75, 3.05) is 0 Å². The summed E-state index contributed by atoms with van der Waals surface area (Å²) in [6.45, 7) is 4.94. The molecule has 0 aliphatic rings. The second-order valence-electron chi connectivity index (χ2n) is 3.51. The molecule has 0 heterocycles. The molecule has 0 aliphatic carbocycles. The summed E-state index contributed by atoms with van der Waals surface area (Å²) in [7, 11) is 0. The number of aromatic hydroxyl groups is 2. The monoisotopic (exact) mass is 195 g/mol. The number of hydrogen-bond donors (Lipinski definition) is 3. The Kier molecular flexibility index (Phi) is 3.77. The highest BCUT2D eigenvalue weighted by Gasteiger charge is 2.02. The number of phenols is 2. The number of rotatable bonds is 4. The van der Waals surface area contributed by atoms with E-state index < -0.39 is 0 Å². The van der Waals surface area contributed by atoms with E-state index in [2.05, 4.69) is 19.2 Å². The lowest BCUT2D eigenvalue weighted by Gasteiger charge is -2.11. The number of hydrogen-bond acceptors (Lipinski definition) is 3. The molecule has 1 atom stereocenters. The average Bonchev–Trinajstić information content (AvgIpc) is 2.19. The molecule has 1 unspecified atom stereocenters. The minimum absolute atomic E-state index is 0.0616. The largest absolute Gasteiger partial charge is 0.504 e. The molecule has 3 N–H and O–H groups in total. The van der Waals surface area contributed by atoms with E-state index in [9.17, 15) is 5.11 Å². The summed E-state index contributed by atoms with van der Waals surface area (Å²) in [4.78, 5) is 0. The maximum Gasteiger partial charge on any atom is 0.157 e. The van der Waals surface area contributed by atoms with Crippen molar-refractivity contribution in [3.05, 3.63) is 23.8 Å². The molecule has 3 heteroatoms. The second-order valence-corrected chi connectivity index (χ2v) is 3.51. The van der Waals surface area contributed by atoms with Crippen LogP contribution in [0, 0.1) is 0 Å². The van der Waals surface area contributed by atoms with E-state index in [1.165, 1.54) is 6.07 Å². The van der Waals surface area contributed by atoms with E-state index in [0.717, 1.165) is 12.0 Å². The van der Waals surface area contributed by atoms with Crippen LogP contribution in [-0.4, -0.2) is 16.3 Å². The summed E-state index contributed by atoms with van der Waals surface area (Å²) < 4.78 is 0. The highest BCUT2D eigenvalue weighted by molar-refractivity contribution is 5.40. The smallest absolute Gasteiger partial charge is 0.157 e. The van der Waals surface area contributed by atoms with Gasteiger partial charge in [-0.2, -0.15) is 0 Å². The van der Waals surface area contributed by atoms with Gasteiger partial charge in [0.15, 0.2) is 11.5 Å². The van der Waals surface area contributed by atoms with Gasteiger partial charge in [0.25, 0.3) is 0 Å². The maximum atomic E-state index is 9.24. The first-order chi connectivity index (χ1) is 6.63. The molecule has 0 aliphatic heterocycles. The second kappa shape index (κ2) is 4.86. The minimum Gasteiger partial charge on any atom is -0.504 e. The van der Waals surface area contributed by atoms with Crippen LogP contribution in [0.3, 0.4) is 0 Å². The molecule has 3 nitrogen and oxygen atoms in total. The van der Waals surface area contributed by atoms with Crippen LogP contribution in [0.15, 0.2) is 18.2 Å². The molecule has 0 bridgehead atoms. The van der Waals surface area contributed by atoms with Crippen molar-refractivity contribution < 1.29 is 10.2 Å². The predicted octanol–water partition coefficient (Wildman–Crippen LogP) is 1.99. The molecule has 14 heavy (non-hydrogen) atoms. The molecule has 1 aromatic carbocycles. The fourth-order valence-corrected chi connectivity index (χ4v) is 1.12. The molecule has 0 spiro atoms. The Labute approximate surface area is 84.4 Å². The van der Waals surface area contributed by atoms with Crippen LogP contribution in [0.2, 0.25) is 0 Å². The van der Waals surface area contributed by atoms with Crippen molar-refractivity contribution in [3.63, 3.8) is 0 Å². The summed E-state index contributed by atoms with van der Waals surface area (Å²) in [6, 6.07) is 5.34. The summed E-state index contributed by atoms with van der Waals surface area (Å²) in [5.74, 6) is -0.134. The van der Waals surface area contributed by atoms with Crippen molar-refractivity contribution in [3.8, 4) is 11.5 Å². The molecule has 0 amide bonds. The first-order valence-electron chi connectivity index (χ1n) is 4.87. The lowest BCUT2D eigenvalue weighted by atomic mass is 10.2. The Morgan fingerprint density at radius 1 is 1.29 bits per heavy atom. The van der Waals surface area contributed by atoms with Gasteiger partial charge in [0.05, 0.1) is 0 Å². The van der Waals surface area contributed by atoms with Crippen molar-refractivity contribution in [1.29, 1.82) is 0 Å². The fourth-order valence-electron chi connectivity index (χ4n) is 1.12. The summed E-state index contributed by atoms with van der Waals surface area (Å²) >= 11 is 0. The lowest BCUT2D eigenvalue weighted by molar-refractivity contribution is 0.402. The van der Waals surface area contributed by atoms with Gasteiger partial charge in [-0.05, 0) is 31.0 Å². The molecular weight excluding hydrogens is 178 g/mol. The van der Waals surface area contributed by atoms with Gasteiger partial charge in [0, 0.05) is 12.6 Å². The SMILES string of the molecule is CCC(C)NCc1ccc(O)c(O)c1. The van der Waals surface area contributed by atoms with Crippen LogP contribution in [0.25, 0.3) is 0 Å². The Balaban J connectivity index is 2.55. The summed E-state index contributed by atoms with van der Waals surface area (Å²) in [5.41, 5.74) is 0.973. The van der Waals surface area contributed by atoms with Crippen LogP contribution in [0.4, 0.5) is 0 Å². The predicted molar refractivity (Wildman–Crippen MR) is 56.4 cm³/mol. The molecule has 0 saturated heterocycles. The Morgan fingerprint density at radius 3 is 2.57 bits per heavy atom. The molecule has 78 valence electrons. The van der Waals surface area contributed by atoms with Crippen LogP contribution in [0.1, 0.15) is 25.8 Å². The van der Waals surface area contributed by atoms with Gasteiger partial charge in [-0.3, -0.25) is 0 Å². The zero-order valence-electron chi connectivity index (χ0n) is 8.62. The third-order valence-corrected chi connectivity index (χ3v) is 2.31. The molecule has 0 fully saturated rings. The number of nitrogens with one attached hydrogen (secondary N) is 1. The van der Waals surface area contributed by atoms with Crippen molar-refractivity contribution in [2.24, 2.45) is 0 Å². The van der Waals surface area contributed by atoms with E-state index in [0.29, 0.717) is 12.6 Å². The van der Waals surface area contributed by atoms with Crippen LogP contribution in [-0.2, 0) is 6.54 Å². The lowest BCUT2D eigenvalue weighted by Crippen LogP contribution is -2.24. The van der Waals surface area contributed by atoms with Crippen LogP contribution in [0.5, 0.6) is 11.5 Å². The Hall–Kier alpha value is -1.22. The Morgan fingerprint density at radius 2 is 2.00 bits per heavy atom. The minimum atomic E-state index is -0.0720. The topological polar surface area (TPSA) is 52.5 Å². The van der Waals surface area contributed by atoms with Gasteiger partial charge in [-0.25, -0.2) is 0 Å². The van der Waals surface area contributed by atoms with E-state index >= 15 is 0 Å². The van der Waals surface area contributed by atoms with Crippen molar-refractivity contribution in [1.82, 2.24) is 5.32 Å². The molecule has 0 radical (unpaired) electrons. The van der Waals surface area contributed by atoms with Crippen LogP contribution < -0.4 is 5.32 Å². The quantitative estimate of drug-likeness (QED) is 0.644. The first kappa shape index (κ1) is 10.9. The zero-order valence-corrected chi connectivity index (χ0v) is 8.62. The van der Waals surface area contributed by atoms with Crippen LogP contribution >= 0.6 is 0 Å². The first-order valence-corrected chi connectivity index (χ1v) is 4.87. The third kappa shape index (κ3) is 2.92. The van der Waals surface area contributed by atoms with Gasteiger partial charge in [0.2, 0.25) is 0 Å². The molecule has 1 aromatic rings. The number of phenolic OH excluding ortho intramolecular Hbond substituents is 2. The van der Waals surface area contributed by atoms with E-state index in [4.69, 9.17) is 5.11 Å². The Bertz CT molecular complexity index is 299. The van der Waals surface area contributed by atoms with E-state index in [-0.39, 0.29) is 11.5 Å². The molecule has 0 saturated carbocycles. The van der Waals surface area contributed by atoms with Gasteiger partial charge in [0.1, 0.15) is 0 Å². The van der Waals surface area contributed by atoms with Gasteiger partial charge >= 0.3 is 0 Å². The number of benzene rings is 1. The van der Waals surface area contributed by atoms with Crippen molar-refractivity contribution >= 4 is 0 Å². The standard InChI is InChI=1S/C11H17NO2/c1-3-8(2)12-7-9-4-5-10(13)11(14)6-9/h4-6,8,12-14H,3,7H2,1-2H3.